The van der Waals surface area contributed by atoms with Gasteiger partial charge < -0.3 is 15.2 Å². The predicted molar refractivity (Wildman–Crippen MR) is 140 cm³/mol. The van der Waals surface area contributed by atoms with E-state index in [2.05, 4.69) is 41.3 Å². The van der Waals surface area contributed by atoms with Crippen molar-refractivity contribution in [3.63, 3.8) is 0 Å². The van der Waals surface area contributed by atoms with Crippen molar-refractivity contribution in [2.24, 2.45) is 5.92 Å². The van der Waals surface area contributed by atoms with Crippen LogP contribution < -0.4 is 10.6 Å². The molecule has 0 radical (unpaired) electrons. The first-order valence-corrected chi connectivity index (χ1v) is 12.8. The van der Waals surface area contributed by atoms with Gasteiger partial charge in [0, 0.05) is 18.7 Å². The zero-order valence-corrected chi connectivity index (χ0v) is 21.1. The Hall–Kier alpha value is -3.39. The van der Waals surface area contributed by atoms with Crippen molar-refractivity contribution in [1.29, 1.82) is 0 Å². The fraction of sp³-hybridized carbons (Fsp3) is 0.333. The highest BCUT2D eigenvalue weighted by molar-refractivity contribution is 7.99. The Balaban J connectivity index is 1.66. The van der Waals surface area contributed by atoms with Crippen LogP contribution in [0.25, 0.3) is 0 Å². The molecule has 1 atom stereocenters. The third-order valence-electron chi connectivity index (χ3n) is 5.33. The van der Waals surface area contributed by atoms with Gasteiger partial charge in [0.05, 0.1) is 11.8 Å². The first-order chi connectivity index (χ1) is 17.0. The van der Waals surface area contributed by atoms with Gasteiger partial charge in [-0.2, -0.15) is 0 Å². The number of thioether (sulfide) groups is 1. The molecule has 0 aliphatic heterocycles. The Labute approximate surface area is 211 Å². The lowest BCUT2D eigenvalue weighted by atomic mass is 10.0. The molecule has 0 fully saturated rings. The van der Waals surface area contributed by atoms with Gasteiger partial charge in [-0.15, -0.1) is 16.8 Å². The third kappa shape index (κ3) is 8.10. The highest BCUT2D eigenvalue weighted by atomic mass is 32.2. The molecule has 0 saturated carbocycles. The van der Waals surface area contributed by atoms with Gasteiger partial charge in [-0.3, -0.25) is 9.59 Å². The molecular formula is C27H33N5O2S. The summed E-state index contributed by atoms with van der Waals surface area (Å²) >= 11 is 1.33. The van der Waals surface area contributed by atoms with Crippen LogP contribution in [0.15, 0.2) is 78.5 Å². The molecule has 3 aromatic rings. The summed E-state index contributed by atoms with van der Waals surface area (Å²) in [5, 5.41) is 15.5. The second-order valence-corrected chi connectivity index (χ2v) is 9.58. The van der Waals surface area contributed by atoms with E-state index in [1.54, 1.807) is 18.2 Å². The Morgan fingerprint density at radius 1 is 1.06 bits per heavy atom. The summed E-state index contributed by atoms with van der Waals surface area (Å²) in [6.45, 7) is 9.13. The van der Waals surface area contributed by atoms with E-state index in [9.17, 15) is 9.59 Å². The van der Waals surface area contributed by atoms with Gasteiger partial charge in [0.15, 0.2) is 11.0 Å². The maximum absolute atomic E-state index is 12.9. The summed E-state index contributed by atoms with van der Waals surface area (Å²) in [6.07, 6.45) is 3.26. The number of nitrogens with zero attached hydrogens (tertiary/aromatic N) is 3. The number of hydrogen-bond acceptors (Lipinski definition) is 5. The number of carbonyl (C=O) groups is 2. The lowest BCUT2D eigenvalue weighted by molar-refractivity contribution is -0.118. The molecule has 0 saturated heterocycles. The number of rotatable bonds is 13. The van der Waals surface area contributed by atoms with Crippen LogP contribution in [0.4, 0.5) is 0 Å². The summed E-state index contributed by atoms with van der Waals surface area (Å²) in [7, 11) is 0. The molecule has 0 aliphatic carbocycles. The smallest absolute Gasteiger partial charge is 0.251 e. The van der Waals surface area contributed by atoms with Gasteiger partial charge in [-0.05, 0) is 36.5 Å². The Bertz CT molecular complexity index is 1100. The van der Waals surface area contributed by atoms with Crippen molar-refractivity contribution < 1.29 is 9.59 Å². The monoisotopic (exact) mass is 491 g/mol. The van der Waals surface area contributed by atoms with Crippen molar-refractivity contribution in [3.8, 4) is 0 Å². The molecule has 1 heterocycles. The van der Waals surface area contributed by atoms with E-state index < -0.39 is 0 Å². The molecule has 1 unspecified atom stereocenters. The summed E-state index contributed by atoms with van der Waals surface area (Å²) in [6, 6.07) is 18.9. The second kappa shape index (κ2) is 13.5. The van der Waals surface area contributed by atoms with Gasteiger partial charge >= 0.3 is 0 Å². The number of allylic oxidation sites excluding steroid dienone is 1. The molecule has 2 amide bonds. The first-order valence-electron chi connectivity index (χ1n) is 11.8. The summed E-state index contributed by atoms with van der Waals surface area (Å²) in [4.78, 5) is 25.3. The minimum atomic E-state index is -0.316. The van der Waals surface area contributed by atoms with E-state index >= 15 is 0 Å². The lowest BCUT2D eigenvalue weighted by Gasteiger charge is -2.21. The van der Waals surface area contributed by atoms with Crippen LogP contribution in [0.3, 0.4) is 0 Å². The van der Waals surface area contributed by atoms with E-state index in [0.29, 0.717) is 42.0 Å². The molecule has 184 valence electrons. The van der Waals surface area contributed by atoms with Crippen molar-refractivity contribution in [1.82, 2.24) is 25.4 Å². The summed E-state index contributed by atoms with van der Waals surface area (Å²) in [5.74, 6) is 1.01. The SMILES string of the molecule is C=CCn1c(SCC(=O)NCCc2ccccc2)nnc1C(CC(C)C)NC(=O)c1ccccc1. The molecule has 2 aromatic carbocycles. The number of nitrogens with one attached hydrogen (secondary N) is 2. The van der Waals surface area contributed by atoms with Crippen LogP contribution in [0.1, 0.15) is 48.1 Å². The molecule has 3 rings (SSSR count). The van der Waals surface area contributed by atoms with E-state index in [1.807, 2.05) is 53.1 Å². The molecule has 0 bridgehead atoms. The Kier molecular flexibility index (Phi) is 10.1. The molecule has 2 N–H and O–H groups in total. The molecule has 0 spiro atoms. The molecule has 1 aromatic heterocycles. The van der Waals surface area contributed by atoms with Crippen molar-refractivity contribution in [2.45, 2.75) is 44.4 Å². The highest BCUT2D eigenvalue weighted by Crippen LogP contribution is 2.25. The highest BCUT2D eigenvalue weighted by Gasteiger charge is 2.24. The van der Waals surface area contributed by atoms with E-state index in [1.165, 1.54) is 17.3 Å². The van der Waals surface area contributed by atoms with Crippen LogP contribution in [0.2, 0.25) is 0 Å². The zero-order valence-electron chi connectivity index (χ0n) is 20.3. The molecular weight excluding hydrogens is 458 g/mol. The van der Waals surface area contributed by atoms with Crippen molar-refractivity contribution >= 4 is 23.6 Å². The van der Waals surface area contributed by atoms with Gasteiger partial charge in [-0.1, -0.05) is 80.2 Å². The van der Waals surface area contributed by atoms with E-state index in [0.717, 1.165) is 6.42 Å². The minimum absolute atomic E-state index is 0.0586. The lowest BCUT2D eigenvalue weighted by Crippen LogP contribution is -2.31. The number of carbonyl (C=O) groups excluding carboxylic acids is 2. The largest absolute Gasteiger partial charge is 0.355 e. The summed E-state index contributed by atoms with van der Waals surface area (Å²) < 4.78 is 1.92. The second-order valence-electron chi connectivity index (χ2n) is 8.64. The fourth-order valence-electron chi connectivity index (χ4n) is 3.67. The van der Waals surface area contributed by atoms with Gasteiger partial charge in [0.25, 0.3) is 5.91 Å². The van der Waals surface area contributed by atoms with E-state index in [4.69, 9.17) is 0 Å². The van der Waals surface area contributed by atoms with Crippen LogP contribution in [-0.4, -0.2) is 38.9 Å². The first kappa shape index (κ1) is 26.2. The number of aromatic nitrogens is 3. The van der Waals surface area contributed by atoms with Crippen LogP contribution >= 0.6 is 11.8 Å². The maximum atomic E-state index is 12.9. The molecule has 7 nitrogen and oxygen atoms in total. The Morgan fingerprint density at radius 3 is 2.40 bits per heavy atom. The van der Waals surface area contributed by atoms with Gasteiger partial charge in [-0.25, -0.2) is 0 Å². The topological polar surface area (TPSA) is 88.9 Å². The maximum Gasteiger partial charge on any atom is 0.251 e. The Morgan fingerprint density at radius 2 is 1.74 bits per heavy atom. The van der Waals surface area contributed by atoms with Crippen molar-refractivity contribution in [3.05, 3.63) is 90.3 Å². The molecule has 35 heavy (non-hydrogen) atoms. The van der Waals surface area contributed by atoms with Gasteiger partial charge in [0.1, 0.15) is 0 Å². The van der Waals surface area contributed by atoms with Crippen LogP contribution in [-0.2, 0) is 17.8 Å². The number of benzene rings is 2. The van der Waals surface area contributed by atoms with Gasteiger partial charge in [0.2, 0.25) is 5.91 Å². The third-order valence-corrected chi connectivity index (χ3v) is 6.30. The van der Waals surface area contributed by atoms with Crippen LogP contribution in [0, 0.1) is 5.92 Å². The van der Waals surface area contributed by atoms with Crippen molar-refractivity contribution in [2.75, 3.05) is 12.3 Å². The number of amides is 2. The molecule has 8 heteroatoms. The normalized spacial score (nSPS) is 11.7. The number of hydrogen-bond donors (Lipinski definition) is 2. The van der Waals surface area contributed by atoms with Crippen LogP contribution in [0.5, 0.6) is 0 Å². The molecule has 0 aliphatic rings. The minimum Gasteiger partial charge on any atom is -0.355 e. The average Bonchev–Trinajstić information content (AvgIpc) is 3.26. The fourth-order valence-corrected chi connectivity index (χ4v) is 4.45. The average molecular weight is 492 g/mol. The predicted octanol–water partition coefficient (Wildman–Crippen LogP) is 4.43. The quantitative estimate of drug-likeness (QED) is 0.273. The standard InChI is InChI=1S/C27H33N5O2S/c1-4-17-32-25(23(18-20(2)3)29-26(34)22-13-9-6-10-14-22)30-31-27(32)35-19-24(33)28-16-15-21-11-7-5-8-12-21/h4-14,20,23H,1,15-19H2,2-3H3,(H,28,33)(H,29,34). The summed E-state index contributed by atoms with van der Waals surface area (Å²) in [5.41, 5.74) is 1.78. The van der Waals surface area contributed by atoms with E-state index in [-0.39, 0.29) is 23.6 Å². The zero-order chi connectivity index (χ0) is 25.0.